The summed E-state index contributed by atoms with van der Waals surface area (Å²) in [6, 6.07) is 9.82. The molecule has 1 aliphatic rings. The summed E-state index contributed by atoms with van der Waals surface area (Å²) >= 11 is 0. The maximum Gasteiger partial charge on any atom is 0.281 e. The predicted octanol–water partition coefficient (Wildman–Crippen LogP) is 1.15. The highest BCUT2D eigenvalue weighted by atomic mass is 32.2. The minimum Gasteiger partial charge on any atom is -0.342 e. The second-order valence-electron chi connectivity index (χ2n) is 7.29. The number of rotatable bonds is 5. The third-order valence-electron chi connectivity index (χ3n) is 5.31. The second-order valence-corrected chi connectivity index (χ2v) is 8.98. The number of sulfonamides is 1. The van der Waals surface area contributed by atoms with E-state index in [4.69, 9.17) is 0 Å². The molecular formula is C19H23N7O3S. The normalized spacial score (nSPS) is 17.1. The molecule has 0 bridgehead atoms. The Bertz CT molecular complexity index is 1180. The first-order valence-corrected chi connectivity index (χ1v) is 11.1. The van der Waals surface area contributed by atoms with Crippen molar-refractivity contribution in [2.75, 3.05) is 6.54 Å². The molecule has 10 nitrogen and oxygen atoms in total. The summed E-state index contributed by atoms with van der Waals surface area (Å²) in [5.41, 5.74) is 1.78. The molecular weight excluding hydrogens is 406 g/mol. The molecule has 0 aliphatic carbocycles. The molecule has 11 heteroatoms. The summed E-state index contributed by atoms with van der Waals surface area (Å²) in [6.45, 7) is 0.934. The lowest BCUT2D eigenvalue weighted by atomic mass is 10.0. The molecule has 3 heterocycles. The van der Waals surface area contributed by atoms with E-state index in [1.807, 2.05) is 6.07 Å². The van der Waals surface area contributed by atoms with Gasteiger partial charge in [-0.1, -0.05) is 18.6 Å². The van der Waals surface area contributed by atoms with Gasteiger partial charge in [-0.05, 0) is 54.1 Å². The van der Waals surface area contributed by atoms with Gasteiger partial charge in [-0.15, -0.1) is 5.10 Å². The van der Waals surface area contributed by atoms with Crippen molar-refractivity contribution in [1.82, 2.24) is 34.8 Å². The lowest BCUT2D eigenvalue weighted by Gasteiger charge is -2.24. The molecule has 4 rings (SSSR count). The van der Waals surface area contributed by atoms with Crippen LogP contribution in [0.1, 0.15) is 41.5 Å². The fourth-order valence-corrected chi connectivity index (χ4v) is 4.73. The Labute approximate surface area is 174 Å². The second kappa shape index (κ2) is 8.00. The zero-order valence-electron chi connectivity index (χ0n) is 16.7. The monoisotopic (exact) mass is 429 g/mol. The van der Waals surface area contributed by atoms with Gasteiger partial charge in [0.25, 0.3) is 15.9 Å². The summed E-state index contributed by atoms with van der Waals surface area (Å²) in [7, 11) is -0.641. The smallest absolute Gasteiger partial charge is 0.281 e. The first kappa shape index (κ1) is 20.2. The SMILES string of the molecule is Cn1nnnc1-c1cccc(S(=O)(=O)NC(=O)c2ccc(C3CCCCN3)n2C)c1. The zero-order valence-corrected chi connectivity index (χ0v) is 17.6. The Morgan fingerprint density at radius 1 is 1.20 bits per heavy atom. The van der Waals surface area contributed by atoms with Gasteiger partial charge in [0.2, 0.25) is 0 Å². The lowest BCUT2D eigenvalue weighted by Crippen LogP contribution is -2.33. The third kappa shape index (κ3) is 3.85. The molecule has 1 saturated heterocycles. The molecule has 2 aromatic heterocycles. The van der Waals surface area contributed by atoms with Crippen molar-refractivity contribution < 1.29 is 13.2 Å². The molecule has 158 valence electrons. The van der Waals surface area contributed by atoms with Crippen molar-refractivity contribution in [3.05, 3.63) is 47.8 Å². The Balaban J connectivity index is 1.56. The summed E-state index contributed by atoms with van der Waals surface area (Å²) in [5.74, 6) is -0.254. The lowest BCUT2D eigenvalue weighted by molar-refractivity contribution is 0.0973. The van der Waals surface area contributed by atoms with Crippen molar-refractivity contribution in [3.8, 4) is 11.4 Å². The first-order chi connectivity index (χ1) is 14.4. The van der Waals surface area contributed by atoms with Crippen LogP contribution in [0.4, 0.5) is 0 Å². The standard InChI is InChI=1S/C19H23N7O3S/c1-25-16(15-8-3-4-11-20-15)9-10-17(25)19(27)22-30(28,29)14-7-5-6-13(12-14)18-21-23-24-26(18)2/h5-7,9-10,12,15,20H,3-4,8,11H2,1-2H3,(H,22,27). The molecule has 1 unspecified atom stereocenters. The van der Waals surface area contributed by atoms with Crippen LogP contribution in [-0.4, -0.2) is 45.6 Å². The molecule has 1 aliphatic heterocycles. The maximum absolute atomic E-state index is 12.8. The van der Waals surface area contributed by atoms with Crippen LogP contribution in [0.3, 0.4) is 0 Å². The maximum atomic E-state index is 12.8. The fourth-order valence-electron chi connectivity index (χ4n) is 3.72. The quantitative estimate of drug-likeness (QED) is 0.623. The number of benzene rings is 1. The van der Waals surface area contributed by atoms with Gasteiger partial charge in [0.15, 0.2) is 5.82 Å². The van der Waals surface area contributed by atoms with E-state index in [-0.39, 0.29) is 16.6 Å². The van der Waals surface area contributed by atoms with E-state index in [1.165, 1.54) is 16.8 Å². The predicted molar refractivity (Wildman–Crippen MR) is 109 cm³/mol. The molecule has 1 amide bonds. The number of carbonyl (C=O) groups is 1. The van der Waals surface area contributed by atoms with Crippen LogP contribution in [-0.2, 0) is 24.1 Å². The Hall–Kier alpha value is -3.05. The van der Waals surface area contributed by atoms with E-state index < -0.39 is 15.9 Å². The molecule has 1 aromatic carbocycles. The highest BCUT2D eigenvalue weighted by Gasteiger charge is 2.24. The van der Waals surface area contributed by atoms with Crippen molar-refractivity contribution in [2.45, 2.75) is 30.2 Å². The summed E-state index contributed by atoms with van der Waals surface area (Å²) in [5, 5.41) is 14.6. The van der Waals surface area contributed by atoms with Gasteiger partial charge >= 0.3 is 0 Å². The average Bonchev–Trinajstić information content (AvgIpc) is 3.34. The largest absolute Gasteiger partial charge is 0.342 e. The van der Waals surface area contributed by atoms with E-state index in [1.54, 1.807) is 36.9 Å². The molecule has 1 atom stereocenters. The van der Waals surface area contributed by atoms with Crippen molar-refractivity contribution in [2.24, 2.45) is 14.1 Å². The van der Waals surface area contributed by atoms with Crippen LogP contribution in [0.5, 0.6) is 0 Å². The number of nitrogens with zero attached hydrogens (tertiary/aromatic N) is 5. The van der Waals surface area contributed by atoms with Crippen LogP contribution in [0.2, 0.25) is 0 Å². The third-order valence-corrected chi connectivity index (χ3v) is 6.64. The molecule has 0 radical (unpaired) electrons. The van der Waals surface area contributed by atoms with E-state index in [9.17, 15) is 13.2 Å². The molecule has 0 saturated carbocycles. The van der Waals surface area contributed by atoms with Gasteiger partial charge in [-0.3, -0.25) is 4.79 Å². The highest BCUT2D eigenvalue weighted by molar-refractivity contribution is 7.90. The van der Waals surface area contributed by atoms with Crippen LogP contribution < -0.4 is 10.0 Å². The van der Waals surface area contributed by atoms with Gasteiger partial charge in [0.1, 0.15) is 5.69 Å². The van der Waals surface area contributed by atoms with E-state index in [0.29, 0.717) is 11.4 Å². The number of nitrogens with one attached hydrogen (secondary N) is 2. The number of carbonyl (C=O) groups excluding carboxylic acids is 1. The minimum absolute atomic E-state index is 0.0419. The number of aryl methyl sites for hydroxylation is 1. The van der Waals surface area contributed by atoms with Crippen LogP contribution in [0.25, 0.3) is 11.4 Å². The van der Waals surface area contributed by atoms with Gasteiger partial charge < -0.3 is 9.88 Å². The molecule has 3 aromatic rings. The topological polar surface area (TPSA) is 124 Å². The number of hydrogen-bond donors (Lipinski definition) is 2. The first-order valence-electron chi connectivity index (χ1n) is 9.66. The summed E-state index contributed by atoms with van der Waals surface area (Å²) < 4.78 is 31.0. The highest BCUT2D eigenvalue weighted by Crippen LogP contribution is 2.25. The molecule has 30 heavy (non-hydrogen) atoms. The number of piperidine rings is 1. The van der Waals surface area contributed by atoms with E-state index >= 15 is 0 Å². The van der Waals surface area contributed by atoms with Crippen LogP contribution in [0, 0.1) is 0 Å². The number of tetrazole rings is 1. The van der Waals surface area contributed by atoms with Crippen molar-refractivity contribution in [1.29, 1.82) is 0 Å². The Kier molecular flexibility index (Phi) is 5.39. The average molecular weight is 430 g/mol. The Morgan fingerprint density at radius 3 is 2.73 bits per heavy atom. The summed E-state index contributed by atoms with van der Waals surface area (Å²) in [6.07, 6.45) is 3.24. The van der Waals surface area contributed by atoms with Crippen molar-refractivity contribution in [3.63, 3.8) is 0 Å². The molecule has 1 fully saturated rings. The zero-order chi connectivity index (χ0) is 21.3. The number of hydrogen-bond acceptors (Lipinski definition) is 7. The van der Waals surface area contributed by atoms with Gasteiger partial charge in [-0.25, -0.2) is 17.8 Å². The number of aromatic nitrogens is 5. The van der Waals surface area contributed by atoms with E-state index in [0.717, 1.165) is 31.5 Å². The number of amides is 1. The molecule has 2 N–H and O–H groups in total. The van der Waals surface area contributed by atoms with Crippen molar-refractivity contribution >= 4 is 15.9 Å². The van der Waals surface area contributed by atoms with E-state index in [2.05, 4.69) is 25.6 Å². The van der Waals surface area contributed by atoms with Crippen LogP contribution >= 0.6 is 0 Å². The van der Waals surface area contributed by atoms with Gasteiger partial charge in [0.05, 0.1) is 4.90 Å². The van der Waals surface area contributed by atoms with Gasteiger partial charge in [-0.2, -0.15) is 0 Å². The van der Waals surface area contributed by atoms with Crippen LogP contribution in [0.15, 0.2) is 41.3 Å². The Morgan fingerprint density at radius 2 is 2.03 bits per heavy atom. The minimum atomic E-state index is -4.07. The van der Waals surface area contributed by atoms with Gasteiger partial charge in [0, 0.05) is 31.4 Å². The molecule has 0 spiro atoms. The summed E-state index contributed by atoms with van der Waals surface area (Å²) in [4.78, 5) is 12.7. The fraction of sp³-hybridized carbons (Fsp3) is 0.368.